The molecular weight excluding hydrogens is 348 g/mol. The van der Waals surface area contributed by atoms with Crippen LogP contribution in [-0.2, 0) is 0 Å². The van der Waals surface area contributed by atoms with Crippen molar-refractivity contribution in [3.8, 4) is 28.5 Å². The zero-order valence-electron chi connectivity index (χ0n) is 15.3. The summed E-state index contributed by atoms with van der Waals surface area (Å²) in [5.41, 5.74) is 2.94. The van der Waals surface area contributed by atoms with Crippen LogP contribution in [0.25, 0.3) is 11.3 Å². The molecule has 0 aliphatic carbocycles. The molecule has 3 aromatic rings. The third-order valence-electron chi connectivity index (χ3n) is 3.87. The first-order valence-electron chi connectivity index (χ1n) is 8.34. The maximum Gasteiger partial charge on any atom is 0.187 e. The number of thiazole rings is 1. The number of hydrogen-bond donors (Lipinski definition) is 1. The number of methoxy groups -OCH3 is 2. The Hall–Kier alpha value is -2.73. The van der Waals surface area contributed by atoms with Crippen LogP contribution in [0.2, 0.25) is 0 Å². The maximum atomic E-state index is 5.50. The van der Waals surface area contributed by atoms with Crippen molar-refractivity contribution in [1.29, 1.82) is 0 Å². The lowest BCUT2D eigenvalue weighted by atomic mass is 10.1. The molecule has 6 heteroatoms. The Bertz CT molecular complexity index is 875. The average Bonchev–Trinajstić information content (AvgIpc) is 3.02. The van der Waals surface area contributed by atoms with Gasteiger partial charge in [0.2, 0.25) is 0 Å². The average molecular weight is 370 g/mol. The van der Waals surface area contributed by atoms with Crippen molar-refractivity contribution in [3.05, 3.63) is 47.3 Å². The molecule has 0 aliphatic heterocycles. The van der Waals surface area contributed by atoms with Gasteiger partial charge in [-0.3, -0.25) is 0 Å². The summed E-state index contributed by atoms with van der Waals surface area (Å²) >= 11 is 1.62. The molecule has 0 saturated heterocycles. The van der Waals surface area contributed by atoms with Gasteiger partial charge in [0.05, 0.1) is 26.5 Å². The minimum absolute atomic E-state index is 0.661. The van der Waals surface area contributed by atoms with E-state index in [0.29, 0.717) is 18.1 Å². The lowest BCUT2D eigenvalue weighted by Crippen LogP contribution is -1.94. The molecule has 26 heavy (non-hydrogen) atoms. The molecule has 0 atom stereocenters. The summed E-state index contributed by atoms with van der Waals surface area (Å²) in [6, 6.07) is 13.7. The van der Waals surface area contributed by atoms with Crippen molar-refractivity contribution in [2.45, 2.75) is 13.8 Å². The van der Waals surface area contributed by atoms with Gasteiger partial charge in [0.1, 0.15) is 5.75 Å². The highest BCUT2D eigenvalue weighted by atomic mass is 32.1. The molecule has 5 nitrogen and oxygen atoms in total. The minimum atomic E-state index is 0.661. The smallest absolute Gasteiger partial charge is 0.187 e. The van der Waals surface area contributed by atoms with Crippen LogP contribution in [0.15, 0.2) is 42.5 Å². The number of rotatable bonds is 7. The van der Waals surface area contributed by atoms with E-state index in [-0.39, 0.29) is 0 Å². The lowest BCUT2D eigenvalue weighted by molar-refractivity contribution is 0.340. The quantitative estimate of drug-likeness (QED) is 0.613. The Morgan fingerprint density at radius 3 is 2.38 bits per heavy atom. The molecule has 0 bridgehead atoms. The van der Waals surface area contributed by atoms with Crippen LogP contribution in [-0.4, -0.2) is 25.8 Å². The van der Waals surface area contributed by atoms with Gasteiger partial charge >= 0.3 is 0 Å². The highest BCUT2D eigenvalue weighted by molar-refractivity contribution is 7.16. The molecule has 0 spiro atoms. The summed E-state index contributed by atoms with van der Waals surface area (Å²) in [6.45, 7) is 4.71. The number of hydrogen-bond acceptors (Lipinski definition) is 6. The van der Waals surface area contributed by atoms with Crippen LogP contribution < -0.4 is 19.5 Å². The van der Waals surface area contributed by atoms with E-state index in [1.54, 1.807) is 25.6 Å². The topological polar surface area (TPSA) is 52.6 Å². The van der Waals surface area contributed by atoms with Gasteiger partial charge < -0.3 is 19.5 Å². The fourth-order valence-electron chi connectivity index (χ4n) is 2.63. The Balaban J connectivity index is 1.82. The van der Waals surface area contributed by atoms with Crippen LogP contribution in [0.1, 0.15) is 11.8 Å². The van der Waals surface area contributed by atoms with E-state index < -0.39 is 0 Å². The molecule has 1 heterocycles. The van der Waals surface area contributed by atoms with E-state index in [2.05, 4.69) is 12.2 Å². The SMILES string of the molecule is CCOc1ccc(-c2nc(Nc3ccc(OC)c(OC)c3)sc2C)cc1. The Kier molecular flexibility index (Phi) is 5.63. The van der Waals surface area contributed by atoms with Gasteiger partial charge in [0.15, 0.2) is 16.6 Å². The monoisotopic (exact) mass is 370 g/mol. The first-order valence-corrected chi connectivity index (χ1v) is 9.16. The van der Waals surface area contributed by atoms with Gasteiger partial charge in [0, 0.05) is 22.2 Å². The first-order chi connectivity index (χ1) is 12.6. The molecule has 0 saturated carbocycles. The van der Waals surface area contributed by atoms with Crippen LogP contribution in [0, 0.1) is 6.92 Å². The van der Waals surface area contributed by atoms with Crippen molar-refractivity contribution in [2.75, 3.05) is 26.1 Å². The van der Waals surface area contributed by atoms with Gasteiger partial charge in [-0.25, -0.2) is 4.98 Å². The van der Waals surface area contributed by atoms with Crippen LogP contribution in [0.5, 0.6) is 17.2 Å². The third-order valence-corrected chi connectivity index (χ3v) is 4.76. The number of benzene rings is 2. The summed E-state index contributed by atoms with van der Waals surface area (Å²) in [7, 11) is 3.25. The van der Waals surface area contributed by atoms with E-state index in [0.717, 1.165) is 32.7 Å². The molecule has 0 amide bonds. The largest absolute Gasteiger partial charge is 0.494 e. The second-order valence-electron chi connectivity index (χ2n) is 5.58. The second kappa shape index (κ2) is 8.10. The highest BCUT2D eigenvalue weighted by Gasteiger charge is 2.11. The molecule has 0 aliphatic rings. The third kappa shape index (κ3) is 3.91. The normalized spacial score (nSPS) is 10.5. The predicted octanol–water partition coefficient (Wildman–Crippen LogP) is 5.28. The first kappa shape index (κ1) is 18.1. The molecule has 0 radical (unpaired) electrons. The summed E-state index contributed by atoms with van der Waals surface area (Å²) < 4.78 is 16.1. The Labute approximate surface area is 157 Å². The van der Waals surface area contributed by atoms with E-state index in [1.807, 2.05) is 49.4 Å². The molecule has 2 aromatic carbocycles. The molecular formula is C20H22N2O3S. The van der Waals surface area contributed by atoms with Crippen molar-refractivity contribution in [3.63, 3.8) is 0 Å². The van der Waals surface area contributed by atoms with E-state index >= 15 is 0 Å². The van der Waals surface area contributed by atoms with Gasteiger partial charge in [-0.1, -0.05) is 0 Å². The number of nitrogens with one attached hydrogen (secondary N) is 1. The van der Waals surface area contributed by atoms with Crippen molar-refractivity contribution < 1.29 is 14.2 Å². The van der Waals surface area contributed by atoms with E-state index in [9.17, 15) is 0 Å². The Morgan fingerprint density at radius 2 is 1.73 bits per heavy atom. The molecule has 3 rings (SSSR count). The van der Waals surface area contributed by atoms with Gasteiger partial charge in [-0.15, -0.1) is 11.3 Å². The van der Waals surface area contributed by atoms with Crippen LogP contribution in [0.4, 0.5) is 10.8 Å². The van der Waals surface area contributed by atoms with Gasteiger partial charge in [-0.2, -0.15) is 0 Å². The summed E-state index contributed by atoms with van der Waals surface area (Å²) in [5, 5.41) is 4.17. The zero-order chi connectivity index (χ0) is 18.5. The standard InChI is InChI=1S/C20H22N2O3S/c1-5-25-16-9-6-14(7-10-16)19-13(2)26-20(22-19)21-15-8-11-17(23-3)18(12-15)24-4/h6-12H,5H2,1-4H3,(H,21,22). The fourth-order valence-corrected chi connectivity index (χ4v) is 3.49. The summed E-state index contributed by atoms with van der Waals surface area (Å²) in [6.07, 6.45) is 0. The number of aromatic nitrogens is 1. The molecule has 0 unspecified atom stereocenters. The summed E-state index contributed by atoms with van der Waals surface area (Å²) in [5.74, 6) is 2.24. The molecule has 0 fully saturated rings. The number of aryl methyl sites for hydroxylation is 1. The minimum Gasteiger partial charge on any atom is -0.494 e. The van der Waals surface area contributed by atoms with Crippen molar-refractivity contribution in [2.24, 2.45) is 0 Å². The van der Waals surface area contributed by atoms with E-state index in [1.165, 1.54) is 0 Å². The number of nitrogens with zero attached hydrogens (tertiary/aromatic N) is 1. The second-order valence-corrected chi connectivity index (χ2v) is 6.78. The zero-order valence-corrected chi connectivity index (χ0v) is 16.1. The molecule has 136 valence electrons. The fraction of sp³-hybridized carbons (Fsp3) is 0.250. The number of ether oxygens (including phenoxy) is 3. The van der Waals surface area contributed by atoms with E-state index in [4.69, 9.17) is 19.2 Å². The van der Waals surface area contributed by atoms with Crippen molar-refractivity contribution >= 4 is 22.2 Å². The van der Waals surface area contributed by atoms with Gasteiger partial charge in [0.25, 0.3) is 0 Å². The molecule has 1 aromatic heterocycles. The maximum absolute atomic E-state index is 5.50. The molecule has 1 N–H and O–H groups in total. The number of anilines is 2. The van der Waals surface area contributed by atoms with Crippen molar-refractivity contribution in [1.82, 2.24) is 4.98 Å². The lowest BCUT2D eigenvalue weighted by Gasteiger charge is -2.09. The van der Waals surface area contributed by atoms with Crippen LogP contribution >= 0.6 is 11.3 Å². The predicted molar refractivity (Wildman–Crippen MR) is 106 cm³/mol. The van der Waals surface area contributed by atoms with Crippen LogP contribution in [0.3, 0.4) is 0 Å². The highest BCUT2D eigenvalue weighted by Crippen LogP contribution is 2.35. The summed E-state index contributed by atoms with van der Waals surface area (Å²) in [4.78, 5) is 5.89. The van der Waals surface area contributed by atoms with Gasteiger partial charge in [-0.05, 0) is 50.2 Å². The Morgan fingerprint density at radius 1 is 1.00 bits per heavy atom.